The lowest BCUT2D eigenvalue weighted by Gasteiger charge is -2.19. The van der Waals surface area contributed by atoms with Gasteiger partial charge in [0, 0.05) is 5.54 Å². The maximum absolute atomic E-state index is 3.50. The van der Waals surface area contributed by atoms with Crippen molar-refractivity contribution in [3.05, 3.63) is 11.6 Å². The van der Waals surface area contributed by atoms with E-state index in [1.54, 1.807) is 5.57 Å². The molecular weight excluding hydrogens is 182 g/mol. The zero-order valence-electron chi connectivity index (χ0n) is 11.3. The van der Waals surface area contributed by atoms with Gasteiger partial charge in [0.15, 0.2) is 0 Å². The Hall–Kier alpha value is -0.300. The minimum absolute atomic E-state index is 0.254. The molecule has 90 valence electrons. The third-order valence-corrected chi connectivity index (χ3v) is 2.47. The molecule has 1 heteroatoms. The molecule has 0 heterocycles. The van der Waals surface area contributed by atoms with Crippen LogP contribution in [0.3, 0.4) is 0 Å². The first-order valence-corrected chi connectivity index (χ1v) is 6.36. The third kappa shape index (κ3) is 11.6. The standard InChI is InChI=1S/C14H29N/c1-6-7-8-10-13(2)11-9-12-15-14(3,4)5/h11,15H,6-10,12H2,1-5H3. The molecule has 0 rings (SSSR count). The van der Waals surface area contributed by atoms with Gasteiger partial charge in [-0.2, -0.15) is 0 Å². The second kappa shape index (κ2) is 7.92. The topological polar surface area (TPSA) is 12.0 Å². The van der Waals surface area contributed by atoms with Crippen molar-refractivity contribution in [2.75, 3.05) is 6.54 Å². The van der Waals surface area contributed by atoms with Crippen molar-refractivity contribution >= 4 is 0 Å². The molecule has 0 aliphatic heterocycles. The summed E-state index contributed by atoms with van der Waals surface area (Å²) in [7, 11) is 0. The van der Waals surface area contributed by atoms with Crippen LogP contribution in [-0.4, -0.2) is 12.1 Å². The maximum atomic E-state index is 3.50. The van der Waals surface area contributed by atoms with Gasteiger partial charge in [0.25, 0.3) is 0 Å². The zero-order valence-corrected chi connectivity index (χ0v) is 11.3. The highest BCUT2D eigenvalue weighted by Gasteiger charge is 2.06. The minimum Gasteiger partial charge on any atom is -0.312 e. The van der Waals surface area contributed by atoms with Crippen molar-refractivity contribution in [1.82, 2.24) is 5.32 Å². The Morgan fingerprint density at radius 3 is 2.40 bits per heavy atom. The highest BCUT2D eigenvalue weighted by atomic mass is 14.9. The van der Waals surface area contributed by atoms with Gasteiger partial charge in [-0.15, -0.1) is 0 Å². The van der Waals surface area contributed by atoms with Gasteiger partial charge >= 0.3 is 0 Å². The van der Waals surface area contributed by atoms with Crippen LogP contribution >= 0.6 is 0 Å². The molecule has 0 aliphatic rings. The van der Waals surface area contributed by atoms with E-state index in [1.165, 1.54) is 25.7 Å². The van der Waals surface area contributed by atoms with Crippen molar-refractivity contribution in [3.8, 4) is 0 Å². The van der Waals surface area contributed by atoms with Crippen LogP contribution in [0.25, 0.3) is 0 Å². The van der Waals surface area contributed by atoms with E-state index in [2.05, 4.69) is 46.0 Å². The third-order valence-electron chi connectivity index (χ3n) is 2.47. The summed E-state index contributed by atoms with van der Waals surface area (Å²) in [5.41, 5.74) is 1.81. The van der Waals surface area contributed by atoms with E-state index >= 15 is 0 Å². The number of unbranched alkanes of at least 4 members (excludes halogenated alkanes) is 2. The van der Waals surface area contributed by atoms with E-state index in [0.29, 0.717) is 0 Å². The summed E-state index contributed by atoms with van der Waals surface area (Å²) in [4.78, 5) is 0. The lowest BCUT2D eigenvalue weighted by molar-refractivity contribution is 0.431. The fourth-order valence-electron chi connectivity index (χ4n) is 1.52. The van der Waals surface area contributed by atoms with Gasteiger partial charge in [0.1, 0.15) is 0 Å². The van der Waals surface area contributed by atoms with Crippen LogP contribution in [0.15, 0.2) is 11.6 Å². The Labute approximate surface area is 96.3 Å². The van der Waals surface area contributed by atoms with E-state index in [4.69, 9.17) is 0 Å². The predicted octanol–water partition coefficient (Wildman–Crippen LogP) is 4.29. The smallest absolute Gasteiger partial charge is 0.00966 e. The Kier molecular flexibility index (Phi) is 7.76. The van der Waals surface area contributed by atoms with E-state index in [1.807, 2.05) is 0 Å². The number of hydrogen-bond acceptors (Lipinski definition) is 1. The molecule has 0 fully saturated rings. The molecule has 0 unspecified atom stereocenters. The van der Waals surface area contributed by atoms with Gasteiger partial charge in [0.2, 0.25) is 0 Å². The van der Waals surface area contributed by atoms with Gasteiger partial charge in [-0.05, 0) is 53.5 Å². The molecule has 0 saturated carbocycles. The van der Waals surface area contributed by atoms with Crippen molar-refractivity contribution in [1.29, 1.82) is 0 Å². The summed E-state index contributed by atoms with van der Waals surface area (Å²) in [6.07, 6.45) is 8.86. The first-order chi connectivity index (χ1) is 6.95. The molecule has 0 spiro atoms. The lowest BCUT2D eigenvalue weighted by Crippen LogP contribution is -2.36. The zero-order chi connectivity index (χ0) is 11.7. The Morgan fingerprint density at radius 2 is 1.87 bits per heavy atom. The molecule has 1 nitrogen and oxygen atoms in total. The number of hydrogen-bond donors (Lipinski definition) is 1. The normalized spacial score (nSPS) is 13.3. The fourth-order valence-corrected chi connectivity index (χ4v) is 1.52. The van der Waals surface area contributed by atoms with Gasteiger partial charge < -0.3 is 5.32 Å². The first-order valence-electron chi connectivity index (χ1n) is 6.36. The van der Waals surface area contributed by atoms with Crippen LogP contribution in [0.5, 0.6) is 0 Å². The molecular formula is C14H29N. The van der Waals surface area contributed by atoms with Gasteiger partial charge in [-0.1, -0.05) is 31.4 Å². The minimum atomic E-state index is 0.254. The molecule has 0 atom stereocenters. The summed E-state index contributed by atoms with van der Waals surface area (Å²) in [5, 5.41) is 3.50. The van der Waals surface area contributed by atoms with Crippen LogP contribution in [0, 0.1) is 0 Å². The van der Waals surface area contributed by atoms with Crippen molar-refractivity contribution in [2.45, 2.75) is 72.3 Å². The van der Waals surface area contributed by atoms with Crippen molar-refractivity contribution < 1.29 is 0 Å². The Bertz CT molecular complexity index is 174. The van der Waals surface area contributed by atoms with E-state index < -0.39 is 0 Å². The van der Waals surface area contributed by atoms with Crippen molar-refractivity contribution in [3.63, 3.8) is 0 Å². The van der Waals surface area contributed by atoms with Crippen LogP contribution in [0.1, 0.15) is 66.7 Å². The summed E-state index contributed by atoms with van der Waals surface area (Å²) in [5.74, 6) is 0. The molecule has 0 aromatic carbocycles. The molecule has 0 radical (unpaired) electrons. The van der Waals surface area contributed by atoms with Crippen LogP contribution in [0.2, 0.25) is 0 Å². The Balaban J connectivity index is 3.50. The summed E-state index contributed by atoms with van der Waals surface area (Å²) in [6.45, 7) is 12.2. The van der Waals surface area contributed by atoms with Gasteiger partial charge in [-0.25, -0.2) is 0 Å². The summed E-state index contributed by atoms with van der Waals surface area (Å²) >= 11 is 0. The predicted molar refractivity (Wildman–Crippen MR) is 70.3 cm³/mol. The SMILES string of the molecule is CCCCCC(C)=CCCNC(C)(C)C. The van der Waals surface area contributed by atoms with Crippen molar-refractivity contribution in [2.24, 2.45) is 0 Å². The molecule has 0 bridgehead atoms. The molecule has 0 aromatic rings. The highest BCUT2D eigenvalue weighted by Crippen LogP contribution is 2.08. The van der Waals surface area contributed by atoms with E-state index in [-0.39, 0.29) is 5.54 Å². The maximum Gasteiger partial charge on any atom is 0.00966 e. The van der Waals surface area contributed by atoms with Crippen LogP contribution in [0.4, 0.5) is 0 Å². The average molecular weight is 211 g/mol. The fraction of sp³-hybridized carbons (Fsp3) is 0.857. The molecule has 15 heavy (non-hydrogen) atoms. The van der Waals surface area contributed by atoms with Gasteiger partial charge in [-0.3, -0.25) is 0 Å². The number of nitrogens with one attached hydrogen (secondary N) is 1. The summed E-state index contributed by atoms with van der Waals surface area (Å²) < 4.78 is 0. The molecule has 0 amide bonds. The number of rotatable bonds is 7. The molecule has 1 N–H and O–H groups in total. The largest absolute Gasteiger partial charge is 0.312 e. The van der Waals surface area contributed by atoms with Crippen LogP contribution in [-0.2, 0) is 0 Å². The Morgan fingerprint density at radius 1 is 1.20 bits per heavy atom. The second-order valence-corrected chi connectivity index (χ2v) is 5.47. The van der Waals surface area contributed by atoms with E-state index in [0.717, 1.165) is 13.0 Å². The van der Waals surface area contributed by atoms with Gasteiger partial charge in [0.05, 0.1) is 0 Å². The molecule has 0 aliphatic carbocycles. The molecule has 0 aromatic heterocycles. The molecule has 0 saturated heterocycles. The summed E-state index contributed by atoms with van der Waals surface area (Å²) in [6, 6.07) is 0. The lowest BCUT2D eigenvalue weighted by atomic mass is 10.1. The monoisotopic (exact) mass is 211 g/mol. The highest BCUT2D eigenvalue weighted by molar-refractivity contribution is 4.98. The van der Waals surface area contributed by atoms with Crippen LogP contribution < -0.4 is 5.32 Å². The quantitative estimate of drug-likeness (QED) is 0.489. The van der Waals surface area contributed by atoms with E-state index in [9.17, 15) is 0 Å². The first kappa shape index (κ1) is 14.7. The second-order valence-electron chi connectivity index (χ2n) is 5.47. The number of allylic oxidation sites excluding steroid dienone is 1. The average Bonchev–Trinajstić information content (AvgIpc) is 2.11.